The molecule has 0 saturated carbocycles. The quantitative estimate of drug-likeness (QED) is 0.911. The predicted octanol–water partition coefficient (Wildman–Crippen LogP) is 3.35. The third-order valence-corrected chi connectivity index (χ3v) is 5.24. The molecule has 0 aliphatic carbocycles. The second kappa shape index (κ2) is 7.02. The Kier molecular flexibility index (Phi) is 4.59. The zero-order valence-electron chi connectivity index (χ0n) is 13.8. The molecule has 5 rings (SSSR count). The summed E-state index contributed by atoms with van der Waals surface area (Å²) >= 11 is 5.81. The van der Waals surface area contributed by atoms with Crippen LogP contribution in [0.25, 0.3) is 0 Å². The maximum Gasteiger partial charge on any atom is 0.251 e. The number of pyridine rings is 1. The van der Waals surface area contributed by atoms with E-state index in [2.05, 4.69) is 15.2 Å². The number of halogens is 1. The van der Waals surface area contributed by atoms with E-state index in [-0.39, 0.29) is 11.9 Å². The Morgan fingerprint density at radius 3 is 2.52 bits per heavy atom. The third-order valence-electron chi connectivity index (χ3n) is 5.01. The van der Waals surface area contributed by atoms with Gasteiger partial charge in [0, 0.05) is 30.4 Å². The summed E-state index contributed by atoms with van der Waals surface area (Å²) in [5.41, 5.74) is 0.646. The minimum atomic E-state index is -0.0186. The summed E-state index contributed by atoms with van der Waals surface area (Å²) in [4.78, 5) is 19.0. The zero-order valence-corrected chi connectivity index (χ0v) is 14.6. The molecule has 1 unspecified atom stereocenters. The number of benzene rings is 1. The highest BCUT2D eigenvalue weighted by Gasteiger charge is 2.34. The first-order chi connectivity index (χ1) is 12.2. The fourth-order valence-electron chi connectivity index (χ4n) is 3.60. The lowest BCUT2D eigenvalue weighted by Gasteiger charge is -2.44. The average Bonchev–Trinajstić information content (AvgIpc) is 2.65. The molecule has 0 radical (unpaired) electrons. The summed E-state index contributed by atoms with van der Waals surface area (Å²) in [6.07, 6.45) is 3.91. The Labute approximate surface area is 152 Å². The van der Waals surface area contributed by atoms with E-state index in [1.165, 1.54) is 32.1 Å². The molecule has 3 aliphatic rings. The fraction of sp³-hybridized carbons (Fsp3) is 0.368. The number of rotatable bonds is 4. The predicted molar refractivity (Wildman–Crippen MR) is 96.2 cm³/mol. The Morgan fingerprint density at radius 1 is 1.16 bits per heavy atom. The largest absolute Gasteiger partial charge is 0.439 e. The molecule has 5 nitrogen and oxygen atoms in total. The van der Waals surface area contributed by atoms with E-state index in [4.69, 9.17) is 16.3 Å². The smallest absolute Gasteiger partial charge is 0.251 e. The number of hydrogen-bond acceptors (Lipinski definition) is 4. The van der Waals surface area contributed by atoms with Crippen molar-refractivity contribution in [2.75, 3.05) is 19.6 Å². The van der Waals surface area contributed by atoms with Crippen LogP contribution in [0.3, 0.4) is 0 Å². The summed E-state index contributed by atoms with van der Waals surface area (Å²) in [6, 6.07) is 10.8. The second-order valence-corrected chi connectivity index (χ2v) is 7.10. The highest BCUT2D eigenvalue weighted by atomic mass is 35.5. The number of aromatic nitrogens is 1. The number of amides is 1. The molecule has 1 aromatic carbocycles. The molecule has 3 fully saturated rings. The summed E-state index contributed by atoms with van der Waals surface area (Å²) in [6.45, 7) is 3.31. The fourth-order valence-corrected chi connectivity index (χ4v) is 3.71. The van der Waals surface area contributed by atoms with Crippen LogP contribution in [0.2, 0.25) is 5.02 Å². The topological polar surface area (TPSA) is 54.5 Å². The van der Waals surface area contributed by atoms with Crippen molar-refractivity contribution in [3.63, 3.8) is 0 Å². The minimum Gasteiger partial charge on any atom is -0.439 e. The van der Waals surface area contributed by atoms with Crippen LogP contribution in [0.4, 0.5) is 0 Å². The number of piperidine rings is 3. The van der Waals surface area contributed by atoms with Crippen LogP contribution in [0.1, 0.15) is 23.2 Å². The third kappa shape index (κ3) is 3.78. The van der Waals surface area contributed by atoms with Gasteiger partial charge in [0.25, 0.3) is 5.91 Å². The molecule has 2 bridgehead atoms. The van der Waals surface area contributed by atoms with Gasteiger partial charge in [-0.3, -0.25) is 4.79 Å². The molecular weight excluding hydrogens is 338 g/mol. The molecule has 1 atom stereocenters. The van der Waals surface area contributed by atoms with E-state index in [0.717, 1.165) is 6.54 Å². The molecule has 6 heteroatoms. The standard InChI is InChI=1S/C19H20ClN3O2/c20-15-3-6-18(21-11-15)25-16-4-1-14(2-5-16)19(24)22-17-12-23-9-7-13(17)8-10-23/h1-6,11,13,17H,7-10,12H2,(H,22,24). The van der Waals surface area contributed by atoms with Crippen molar-refractivity contribution in [1.82, 2.24) is 15.2 Å². The van der Waals surface area contributed by atoms with Crippen molar-refractivity contribution in [1.29, 1.82) is 0 Å². The molecular formula is C19H20ClN3O2. The van der Waals surface area contributed by atoms with Gasteiger partial charge < -0.3 is 15.0 Å². The van der Waals surface area contributed by atoms with E-state index in [9.17, 15) is 4.79 Å². The molecule has 1 N–H and O–H groups in total. The summed E-state index contributed by atoms with van der Waals surface area (Å²) < 4.78 is 5.65. The van der Waals surface area contributed by atoms with Crippen molar-refractivity contribution in [2.45, 2.75) is 18.9 Å². The maximum absolute atomic E-state index is 12.5. The van der Waals surface area contributed by atoms with Crippen molar-refractivity contribution >= 4 is 17.5 Å². The number of fused-ring (bicyclic) bond motifs is 3. The van der Waals surface area contributed by atoms with Gasteiger partial charge >= 0.3 is 0 Å². The number of nitrogens with zero attached hydrogens (tertiary/aromatic N) is 2. The lowest BCUT2D eigenvalue weighted by Crippen LogP contribution is -2.57. The van der Waals surface area contributed by atoms with Gasteiger partial charge in [-0.25, -0.2) is 4.98 Å². The lowest BCUT2D eigenvalue weighted by atomic mass is 9.84. The summed E-state index contributed by atoms with van der Waals surface area (Å²) in [7, 11) is 0. The highest BCUT2D eigenvalue weighted by Crippen LogP contribution is 2.28. The molecule has 3 aliphatic heterocycles. The monoisotopic (exact) mass is 357 g/mol. The molecule has 0 spiro atoms. The number of hydrogen-bond donors (Lipinski definition) is 1. The second-order valence-electron chi connectivity index (χ2n) is 6.66. The Hall–Kier alpha value is -2.11. The van der Waals surface area contributed by atoms with Crippen LogP contribution in [0.5, 0.6) is 11.6 Å². The number of carbonyl (C=O) groups excluding carboxylic acids is 1. The lowest BCUT2D eigenvalue weighted by molar-refractivity contribution is 0.0620. The van der Waals surface area contributed by atoms with E-state index in [0.29, 0.717) is 28.1 Å². The van der Waals surface area contributed by atoms with E-state index in [1.54, 1.807) is 36.4 Å². The van der Waals surface area contributed by atoms with Crippen LogP contribution in [0.15, 0.2) is 42.6 Å². The van der Waals surface area contributed by atoms with Gasteiger partial charge in [-0.2, -0.15) is 0 Å². The van der Waals surface area contributed by atoms with Gasteiger partial charge in [-0.1, -0.05) is 11.6 Å². The minimum absolute atomic E-state index is 0.0186. The molecule has 130 valence electrons. The van der Waals surface area contributed by atoms with Crippen LogP contribution in [-0.2, 0) is 0 Å². The first-order valence-electron chi connectivity index (χ1n) is 8.60. The van der Waals surface area contributed by atoms with Gasteiger partial charge in [-0.05, 0) is 62.2 Å². The Balaban J connectivity index is 1.38. The van der Waals surface area contributed by atoms with Gasteiger partial charge in [0.1, 0.15) is 5.75 Å². The summed E-state index contributed by atoms with van der Waals surface area (Å²) in [5.74, 6) is 1.70. The molecule has 3 saturated heterocycles. The van der Waals surface area contributed by atoms with Crippen LogP contribution in [-0.4, -0.2) is 41.5 Å². The molecule has 25 heavy (non-hydrogen) atoms. The van der Waals surface area contributed by atoms with Gasteiger partial charge in [0.05, 0.1) is 5.02 Å². The number of carbonyl (C=O) groups is 1. The molecule has 4 heterocycles. The summed E-state index contributed by atoms with van der Waals surface area (Å²) in [5, 5.41) is 3.76. The molecule has 1 amide bonds. The van der Waals surface area contributed by atoms with Gasteiger partial charge in [0.15, 0.2) is 0 Å². The maximum atomic E-state index is 12.5. The van der Waals surface area contributed by atoms with E-state index in [1.807, 2.05) is 0 Å². The van der Waals surface area contributed by atoms with Crippen LogP contribution in [0, 0.1) is 5.92 Å². The Bertz CT molecular complexity index is 740. The normalized spacial score (nSPS) is 24.8. The van der Waals surface area contributed by atoms with Crippen molar-refractivity contribution in [3.05, 3.63) is 53.2 Å². The van der Waals surface area contributed by atoms with Gasteiger partial charge in [-0.15, -0.1) is 0 Å². The van der Waals surface area contributed by atoms with Gasteiger partial charge in [0.2, 0.25) is 5.88 Å². The first kappa shape index (κ1) is 16.4. The molecule has 1 aromatic heterocycles. The van der Waals surface area contributed by atoms with Crippen molar-refractivity contribution < 1.29 is 9.53 Å². The highest BCUT2D eigenvalue weighted by molar-refractivity contribution is 6.30. The van der Waals surface area contributed by atoms with Crippen LogP contribution >= 0.6 is 11.6 Å². The average molecular weight is 358 g/mol. The van der Waals surface area contributed by atoms with Crippen LogP contribution < -0.4 is 10.1 Å². The Morgan fingerprint density at radius 2 is 1.92 bits per heavy atom. The molecule has 2 aromatic rings. The van der Waals surface area contributed by atoms with Crippen molar-refractivity contribution in [2.24, 2.45) is 5.92 Å². The SMILES string of the molecule is O=C(NC1CN2CCC1CC2)c1ccc(Oc2ccc(Cl)cn2)cc1. The van der Waals surface area contributed by atoms with E-state index >= 15 is 0 Å². The first-order valence-corrected chi connectivity index (χ1v) is 8.98. The number of ether oxygens (including phenoxy) is 1. The zero-order chi connectivity index (χ0) is 17.2. The van der Waals surface area contributed by atoms with Crippen molar-refractivity contribution in [3.8, 4) is 11.6 Å². The van der Waals surface area contributed by atoms with E-state index < -0.39 is 0 Å². The number of nitrogens with one attached hydrogen (secondary N) is 1.